The number of rotatable bonds is 3. The smallest absolute Gasteiger partial charge is 0.339 e. The molecule has 0 aliphatic heterocycles. The van der Waals surface area contributed by atoms with Gasteiger partial charge in [0.15, 0.2) is 0 Å². The van der Waals surface area contributed by atoms with E-state index in [1.165, 1.54) is 0 Å². The van der Waals surface area contributed by atoms with Crippen molar-refractivity contribution in [3.05, 3.63) is 52.8 Å². The number of nitrogens with one attached hydrogen (secondary N) is 1. The van der Waals surface area contributed by atoms with Crippen LogP contribution in [0, 0.1) is 6.92 Å². The standard InChI is InChI=1S/C12H13N3O2/c1-7-9(12(16)17)11(15-14-7)10(13)8-5-3-2-4-6-8/h2-6,10H,13H2,1H3,(H,14,15)(H,16,17). The first-order valence-electron chi connectivity index (χ1n) is 5.20. The van der Waals surface area contributed by atoms with Gasteiger partial charge in [0.1, 0.15) is 5.56 Å². The molecular formula is C12H13N3O2. The summed E-state index contributed by atoms with van der Waals surface area (Å²) in [7, 11) is 0. The average molecular weight is 231 g/mol. The zero-order valence-corrected chi connectivity index (χ0v) is 9.34. The Bertz CT molecular complexity index is 534. The minimum atomic E-state index is -1.02. The molecule has 0 radical (unpaired) electrons. The van der Waals surface area contributed by atoms with E-state index in [2.05, 4.69) is 10.2 Å². The van der Waals surface area contributed by atoms with E-state index in [1.54, 1.807) is 6.92 Å². The summed E-state index contributed by atoms with van der Waals surface area (Å²) in [4.78, 5) is 11.1. The van der Waals surface area contributed by atoms with Crippen LogP contribution >= 0.6 is 0 Å². The molecule has 5 heteroatoms. The van der Waals surface area contributed by atoms with Crippen LogP contribution in [0.25, 0.3) is 0 Å². The first-order valence-corrected chi connectivity index (χ1v) is 5.20. The molecule has 88 valence electrons. The summed E-state index contributed by atoms with van der Waals surface area (Å²) in [6.07, 6.45) is 0. The van der Waals surface area contributed by atoms with Gasteiger partial charge in [0, 0.05) is 5.69 Å². The molecule has 1 unspecified atom stereocenters. The second kappa shape index (κ2) is 4.39. The lowest BCUT2D eigenvalue weighted by Gasteiger charge is -2.10. The second-order valence-electron chi connectivity index (χ2n) is 3.80. The van der Waals surface area contributed by atoms with Crippen LogP contribution < -0.4 is 5.73 Å². The van der Waals surface area contributed by atoms with Crippen molar-refractivity contribution in [3.63, 3.8) is 0 Å². The lowest BCUT2D eigenvalue weighted by molar-refractivity contribution is 0.0694. The van der Waals surface area contributed by atoms with E-state index in [1.807, 2.05) is 30.3 Å². The Balaban J connectivity index is 2.45. The minimum Gasteiger partial charge on any atom is -0.478 e. The Morgan fingerprint density at radius 3 is 2.65 bits per heavy atom. The zero-order chi connectivity index (χ0) is 12.4. The number of aryl methyl sites for hydroxylation is 1. The minimum absolute atomic E-state index is 0.154. The summed E-state index contributed by atoms with van der Waals surface area (Å²) in [5, 5.41) is 15.8. The van der Waals surface area contributed by atoms with Crippen LogP contribution in [0.4, 0.5) is 0 Å². The van der Waals surface area contributed by atoms with Gasteiger partial charge in [-0.25, -0.2) is 4.79 Å². The maximum atomic E-state index is 11.1. The number of carbonyl (C=O) groups is 1. The van der Waals surface area contributed by atoms with Crippen LogP contribution in [0.1, 0.15) is 33.4 Å². The van der Waals surface area contributed by atoms with Gasteiger partial charge in [-0.2, -0.15) is 5.10 Å². The number of hydrogen-bond donors (Lipinski definition) is 3. The molecular weight excluding hydrogens is 218 g/mol. The number of aromatic nitrogens is 2. The number of hydrogen-bond acceptors (Lipinski definition) is 3. The van der Waals surface area contributed by atoms with Crippen molar-refractivity contribution < 1.29 is 9.90 Å². The van der Waals surface area contributed by atoms with E-state index in [4.69, 9.17) is 10.8 Å². The summed E-state index contributed by atoms with van der Waals surface area (Å²) in [6.45, 7) is 1.66. The topological polar surface area (TPSA) is 92.0 Å². The van der Waals surface area contributed by atoms with Gasteiger partial charge in [-0.3, -0.25) is 5.10 Å². The summed E-state index contributed by atoms with van der Waals surface area (Å²) >= 11 is 0. The quantitative estimate of drug-likeness (QED) is 0.745. The highest BCUT2D eigenvalue weighted by Crippen LogP contribution is 2.22. The maximum Gasteiger partial charge on any atom is 0.339 e. The van der Waals surface area contributed by atoms with E-state index in [0.717, 1.165) is 5.56 Å². The van der Waals surface area contributed by atoms with Crippen molar-refractivity contribution in [2.75, 3.05) is 0 Å². The summed E-state index contributed by atoms with van der Waals surface area (Å²) in [5.41, 5.74) is 7.89. The van der Waals surface area contributed by atoms with Crippen molar-refractivity contribution in [1.82, 2.24) is 10.2 Å². The first kappa shape index (κ1) is 11.3. The second-order valence-corrected chi connectivity index (χ2v) is 3.80. The van der Waals surface area contributed by atoms with Crippen LogP contribution in [-0.2, 0) is 0 Å². The number of carboxylic acid groups (broad SMARTS) is 1. The highest BCUT2D eigenvalue weighted by molar-refractivity contribution is 5.90. The molecule has 0 fully saturated rings. The molecule has 5 nitrogen and oxygen atoms in total. The Labute approximate surface area is 98.3 Å². The van der Waals surface area contributed by atoms with Crippen molar-refractivity contribution in [1.29, 1.82) is 0 Å². The average Bonchev–Trinajstić information content (AvgIpc) is 2.71. The van der Waals surface area contributed by atoms with Gasteiger partial charge in [0.25, 0.3) is 0 Å². The third-order valence-corrected chi connectivity index (χ3v) is 2.64. The largest absolute Gasteiger partial charge is 0.478 e. The van der Waals surface area contributed by atoms with Gasteiger partial charge in [-0.15, -0.1) is 0 Å². The van der Waals surface area contributed by atoms with Crippen LogP contribution in [0.15, 0.2) is 30.3 Å². The van der Waals surface area contributed by atoms with E-state index >= 15 is 0 Å². The van der Waals surface area contributed by atoms with E-state index in [9.17, 15) is 4.79 Å². The molecule has 2 aromatic rings. The highest BCUT2D eigenvalue weighted by Gasteiger charge is 2.22. The van der Waals surface area contributed by atoms with Crippen LogP contribution in [0.2, 0.25) is 0 Å². The molecule has 2 rings (SSSR count). The van der Waals surface area contributed by atoms with Gasteiger partial charge < -0.3 is 10.8 Å². The number of H-pyrrole nitrogens is 1. The number of carboxylic acids is 1. The molecule has 0 saturated heterocycles. The fourth-order valence-electron chi connectivity index (χ4n) is 1.76. The Kier molecular flexibility index (Phi) is 2.93. The summed E-state index contributed by atoms with van der Waals surface area (Å²) in [6, 6.07) is 8.75. The molecule has 0 aliphatic rings. The van der Waals surface area contributed by atoms with E-state index in [-0.39, 0.29) is 5.56 Å². The lowest BCUT2D eigenvalue weighted by atomic mass is 10.0. The van der Waals surface area contributed by atoms with Gasteiger partial charge in [0.2, 0.25) is 0 Å². The summed E-state index contributed by atoms with van der Waals surface area (Å²) < 4.78 is 0. The highest BCUT2D eigenvalue weighted by atomic mass is 16.4. The molecule has 1 aromatic carbocycles. The third kappa shape index (κ3) is 2.05. The molecule has 0 aliphatic carbocycles. The predicted octanol–water partition coefficient (Wildman–Crippen LogP) is 1.46. The van der Waals surface area contributed by atoms with Crippen molar-refractivity contribution in [2.45, 2.75) is 13.0 Å². The molecule has 0 saturated carbocycles. The Morgan fingerprint density at radius 2 is 2.06 bits per heavy atom. The van der Waals surface area contributed by atoms with Crippen molar-refractivity contribution in [2.24, 2.45) is 5.73 Å². The fraction of sp³-hybridized carbons (Fsp3) is 0.167. The summed E-state index contributed by atoms with van der Waals surface area (Å²) in [5.74, 6) is -1.02. The molecule has 0 amide bonds. The predicted molar refractivity (Wildman–Crippen MR) is 62.8 cm³/mol. The van der Waals surface area contributed by atoms with Gasteiger partial charge in [-0.1, -0.05) is 30.3 Å². The molecule has 0 spiro atoms. The Hall–Kier alpha value is -2.14. The van der Waals surface area contributed by atoms with Crippen molar-refractivity contribution >= 4 is 5.97 Å². The van der Waals surface area contributed by atoms with Crippen LogP contribution in [-0.4, -0.2) is 21.3 Å². The maximum absolute atomic E-state index is 11.1. The van der Waals surface area contributed by atoms with E-state index < -0.39 is 12.0 Å². The third-order valence-electron chi connectivity index (χ3n) is 2.64. The number of nitrogens with zero attached hydrogens (tertiary/aromatic N) is 1. The molecule has 17 heavy (non-hydrogen) atoms. The molecule has 4 N–H and O–H groups in total. The normalized spacial score (nSPS) is 12.4. The van der Waals surface area contributed by atoms with Gasteiger partial charge in [-0.05, 0) is 12.5 Å². The number of nitrogens with two attached hydrogens (primary N) is 1. The van der Waals surface area contributed by atoms with Gasteiger partial charge in [0.05, 0.1) is 11.7 Å². The van der Waals surface area contributed by atoms with Crippen molar-refractivity contribution in [3.8, 4) is 0 Å². The van der Waals surface area contributed by atoms with Gasteiger partial charge >= 0.3 is 5.97 Å². The number of benzene rings is 1. The zero-order valence-electron chi connectivity index (χ0n) is 9.34. The number of aromatic amines is 1. The fourth-order valence-corrected chi connectivity index (χ4v) is 1.76. The molecule has 0 bridgehead atoms. The van der Waals surface area contributed by atoms with Crippen LogP contribution in [0.5, 0.6) is 0 Å². The molecule has 1 aromatic heterocycles. The lowest BCUT2D eigenvalue weighted by Crippen LogP contribution is -2.16. The van der Waals surface area contributed by atoms with Crippen LogP contribution in [0.3, 0.4) is 0 Å². The molecule has 1 heterocycles. The van der Waals surface area contributed by atoms with E-state index in [0.29, 0.717) is 11.4 Å². The molecule has 1 atom stereocenters. The number of aromatic carboxylic acids is 1. The SMILES string of the molecule is Cc1[nH]nc(C(N)c2ccccc2)c1C(=O)O. The monoisotopic (exact) mass is 231 g/mol. The first-order chi connectivity index (χ1) is 8.11. The Morgan fingerprint density at radius 1 is 1.41 bits per heavy atom.